The first-order chi connectivity index (χ1) is 19.3. The van der Waals surface area contributed by atoms with Crippen molar-refractivity contribution in [1.29, 1.82) is 0 Å². The van der Waals surface area contributed by atoms with Crippen molar-refractivity contribution < 1.29 is 14.4 Å². The number of amides is 3. The number of rotatable bonds is 6. The number of benzene rings is 4. The van der Waals surface area contributed by atoms with Crippen LogP contribution >= 0.6 is 11.8 Å². The number of hydrogen-bond acceptors (Lipinski definition) is 4. The molecule has 0 radical (unpaired) electrons. The fraction of sp³-hybridized carbons (Fsp3) is 0.182. The molecule has 2 unspecified atom stereocenters. The minimum atomic E-state index is -0.938. The van der Waals surface area contributed by atoms with Gasteiger partial charge in [-0.2, -0.15) is 0 Å². The molecule has 0 spiro atoms. The fourth-order valence-electron chi connectivity index (χ4n) is 4.99. The van der Waals surface area contributed by atoms with Gasteiger partial charge < -0.3 is 15.5 Å². The zero-order valence-corrected chi connectivity index (χ0v) is 23.5. The van der Waals surface area contributed by atoms with Gasteiger partial charge in [-0.25, -0.2) is 4.79 Å². The summed E-state index contributed by atoms with van der Waals surface area (Å²) in [5, 5.41) is 4.56. The van der Waals surface area contributed by atoms with Crippen LogP contribution in [0.25, 0.3) is 0 Å². The summed E-state index contributed by atoms with van der Waals surface area (Å²) < 4.78 is 0. The van der Waals surface area contributed by atoms with Crippen LogP contribution in [-0.2, 0) is 4.79 Å². The van der Waals surface area contributed by atoms with E-state index in [4.69, 9.17) is 0 Å². The van der Waals surface area contributed by atoms with Crippen LogP contribution in [0.3, 0.4) is 0 Å². The Morgan fingerprint density at radius 3 is 2.20 bits per heavy atom. The van der Waals surface area contributed by atoms with Gasteiger partial charge in [-0.05, 0) is 66.8 Å². The lowest BCUT2D eigenvalue weighted by molar-refractivity contribution is -0.118. The van der Waals surface area contributed by atoms with E-state index in [9.17, 15) is 14.4 Å². The number of Topliss-reactive ketones (excluding diaryl/α,β-unsaturated/α-hetero) is 1. The average Bonchev–Trinajstić information content (AvgIpc) is 3.04. The Kier molecular flexibility index (Phi) is 8.03. The maximum absolute atomic E-state index is 14.2. The Hall–Kier alpha value is -4.36. The molecule has 6 nitrogen and oxygen atoms in total. The number of aryl methyl sites for hydroxylation is 3. The topological polar surface area (TPSA) is 78.5 Å². The zero-order chi connectivity index (χ0) is 28.2. The second kappa shape index (κ2) is 11.8. The van der Waals surface area contributed by atoms with Crippen molar-refractivity contribution in [2.75, 3.05) is 16.8 Å². The van der Waals surface area contributed by atoms with Gasteiger partial charge in [0.25, 0.3) is 5.91 Å². The number of thioether (sulfide) groups is 1. The molecular weight excluding hydrogens is 518 g/mol. The van der Waals surface area contributed by atoms with Crippen LogP contribution in [0, 0.1) is 20.8 Å². The van der Waals surface area contributed by atoms with E-state index in [-0.39, 0.29) is 23.5 Å². The quantitative estimate of drug-likeness (QED) is 0.259. The first-order valence-corrected chi connectivity index (χ1v) is 14.1. The largest absolute Gasteiger partial charge is 0.320 e. The Morgan fingerprint density at radius 1 is 0.800 bits per heavy atom. The number of fused-ring (bicyclic) bond motifs is 1. The van der Waals surface area contributed by atoms with Gasteiger partial charge in [0.2, 0.25) is 0 Å². The zero-order valence-electron chi connectivity index (χ0n) is 22.7. The van der Waals surface area contributed by atoms with Gasteiger partial charge in [-0.3, -0.25) is 9.59 Å². The summed E-state index contributed by atoms with van der Waals surface area (Å²) in [6, 6.07) is 30.1. The second-order valence-corrected chi connectivity index (χ2v) is 11.2. The Bertz CT molecular complexity index is 1580. The molecule has 0 aromatic heterocycles. The van der Waals surface area contributed by atoms with Crippen LogP contribution in [-0.4, -0.2) is 29.6 Å². The number of anilines is 2. The molecule has 3 amide bonds. The molecule has 0 aliphatic carbocycles. The van der Waals surface area contributed by atoms with Gasteiger partial charge in [-0.1, -0.05) is 78.9 Å². The van der Waals surface area contributed by atoms with E-state index in [2.05, 4.69) is 10.6 Å². The van der Waals surface area contributed by atoms with Gasteiger partial charge in [0.05, 0.1) is 11.8 Å². The highest BCUT2D eigenvalue weighted by molar-refractivity contribution is 8.01. The van der Waals surface area contributed by atoms with E-state index in [0.29, 0.717) is 16.9 Å². The van der Waals surface area contributed by atoms with Gasteiger partial charge in [-0.15, -0.1) is 11.8 Å². The third-order valence-corrected chi connectivity index (χ3v) is 8.40. The number of nitrogens with zero attached hydrogens (tertiary/aromatic N) is 1. The summed E-state index contributed by atoms with van der Waals surface area (Å²) in [5.41, 5.74) is 6.77. The highest BCUT2D eigenvalue weighted by Crippen LogP contribution is 2.46. The summed E-state index contributed by atoms with van der Waals surface area (Å²) in [6.07, 6.45) is 0. The van der Waals surface area contributed by atoms with E-state index in [1.807, 2.05) is 106 Å². The van der Waals surface area contributed by atoms with Crippen LogP contribution in [0.5, 0.6) is 0 Å². The predicted octanol–water partition coefficient (Wildman–Crippen LogP) is 6.81. The summed E-state index contributed by atoms with van der Waals surface area (Å²) in [6.45, 7) is 5.73. The molecule has 4 aromatic carbocycles. The molecule has 2 atom stereocenters. The lowest BCUT2D eigenvalue weighted by Gasteiger charge is -2.25. The molecule has 40 heavy (non-hydrogen) atoms. The second-order valence-electron chi connectivity index (χ2n) is 9.94. The number of ketones is 1. The normalized spacial score (nSPS) is 16.6. The van der Waals surface area contributed by atoms with Crippen molar-refractivity contribution in [3.8, 4) is 0 Å². The van der Waals surface area contributed by atoms with E-state index in [1.54, 1.807) is 12.1 Å². The molecule has 1 aliphatic rings. The first-order valence-electron chi connectivity index (χ1n) is 13.2. The fourth-order valence-corrected chi connectivity index (χ4v) is 6.44. The molecule has 7 heteroatoms. The predicted molar refractivity (Wildman–Crippen MR) is 162 cm³/mol. The average molecular weight is 550 g/mol. The Morgan fingerprint density at radius 2 is 1.48 bits per heavy atom. The number of nitrogens with one attached hydrogen (secondary N) is 2. The molecule has 5 rings (SSSR count). The number of hydrogen-bond donors (Lipinski definition) is 2. The third-order valence-electron chi connectivity index (χ3n) is 7.03. The lowest BCUT2D eigenvalue weighted by Crippen LogP contribution is -2.49. The SMILES string of the molecule is Cc1cccc(NC(=O)NC2SC(c3ccccc3C)c3ccccc3N(CC(=O)c3ccccc3C)C2=O)c1. The monoisotopic (exact) mass is 549 g/mol. The van der Waals surface area contributed by atoms with Crippen molar-refractivity contribution in [2.24, 2.45) is 0 Å². The van der Waals surface area contributed by atoms with Gasteiger partial charge >= 0.3 is 6.03 Å². The Labute approximate surface area is 238 Å². The molecule has 0 bridgehead atoms. The molecule has 1 heterocycles. The molecular formula is C33H31N3O3S. The van der Waals surface area contributed by atoms with Gasteiger partial charge in [0.1, 0.15) is 0 Å². The molecule has 4 aromatic rings. The smallest absolute Gasteiger partial charge is 0.317 e. The van der Waals surface area contributed by atoms with Crippen molar-refractivity contribution in [3.63, 3.8) is 0 Å². The maximum Gasteiger partial charge on any atom is 0.320 e. The molecule has 2 N–H and O–H groups in total. The van der Waals surface area contributed by atoms with Crippen LogP contribution in [0.15, 0.2) is 97.1 Å². The van der Waals surface area contributed by atoms with Gasteiger partial charge in [0.15, 0.2) is 11.2 Å². The highest BCUT2D eigenvalue weighted by atomic mass is 32.2. The minimum absolute atomic E-state index is 0.139. The van der Waals surface area contributed by atoms with Crippen LogP contribution in [0.4, 0.5) is 16.2 Å². The summed E-state index contributed by atoms with van der Waals surface area (Å²) in [5.74, 6) is -0.515. The van der Waals surface area contributed by atoms with Crippen molar-refractivity contribution in [2.45, 2.75) is 31.4 Å². The highest BCUT2D eigenvalue weighted by Gasteiger charge is 2.38. The van der Waals surface area contributed by atoms with Crippen molar-refractivity contribution >= 4 is 40.9 Å². The number of urea groups is 1. The number of carbonyl (C=O) groups excluding carboxylic acids is 3. The molecule has 0 saturated carbocycles. The lowest BCUT2D eigenvalue weighted by atomic mass is 9.98. The number of carbonyl (C=O) groups is 3. The molecule has 0 fully saturated rings. The van der Waals surface area contributed by atoms with Crippen molar-refractivity contribution in [1.82, 2.24) is 5.32 Å². The van der Waals surface area contributed by atoms with E-state index >= 15 is 0 Å². The van der Waals surface area contributed by atoms with Crippen LogP contribution in [0.1, 0.15) is 43.4 Å². The molecule has 1 aliphatic heterocycles. The number of para-hydroxylation sites is 1. The van der Waals surface area contributed by atoms with Gasteiger partial charge in [0, 0.05) is 16.9 Å². The van der Waals surface area contributed by atoms with E-state index in [0.717, 1.165) is 27.8 Å². The minimum Gasteiger partial charge on any atom is -0.317 e. The third kappa shape index (κ3) is 5.80. The standard InChI is InChI=1S/C33H31N3O3S/c1-21-11-10-14-24(19-21)34-33(39)35-31-32(38)36(20-29(37)25-15-6-4-12-22(25)2)28-18-9-8-17-27(28)30(40-31)26-16-7-5-13-23(26)3/h4-19,30-31H,20H2,1-3H3,(H2,34,35,39). The van der Waals surface area contributed by atoms with E-state index < -0.39 is 11.4 Å². The summed E-state index contributed by atoms with van der Waals surface area (Å²) in [7, 11) is 0. The van der Waals surface area contributed by atoms with Crippen LogP contribution in [0.2, 0.25) is 0 Å². The summed E-state index contributed by atoms with van der Waals surface area (Å²) >= 11 is 1.37. The Balaban J connectivity index is 1.54. The molecule has 202 valence electrons. The van der Waals surface area contributed by atoms with Crippen molar-refractivity contribution in [3.05, 3.63) is 130 Å². The van der Waals surface area contributed by atoms with Crippen LogP contribution < -0.4 is 15.5 Å². The summed E-state index contributed by atoms with van der Waals surface area (Å²) in [4.78, 5) is 42.4. The van der Waals surface area contributed by atoms with E-state index in [1.165, 1.54) is 16.7 Å². The first kappa shape index (κ1) is 27.2. The maximum atomic E-state index is 14.2. The molecule has 0 saturated heterocycles.